The van der Waals surface area contributed by atoms with Crippen molar-refractivity contribution in [3.8, 4) is 22.5 Å². The van der Waals surface area contributed by atoms with Gasteiger partial charge >= 0.3 is 5.97 Å². The fourth-order valence-electron chi connectivity index (χ4n) is 4.28. The molecule has 8 heteroatoms. The van der Waals surface area contributed by atoms with Gasteiger partial charge in [-0.2, -0.15) is 5.10 Å². The third-order valence-electron chi connectivity index (χ3n) is 6.32. The van der Waals surface area contributed by atoms with Gasteiger partial charge in [0.15, 0.2) is 0 Å². The lowest BCUT2D eigenvalue weighted by atomic mass is 10.0. The van der Waals surface area contributed by atoms with Crippen molar-refractivity contribution in [2.75, 3.05) is 6.61 Å². The van der Waals surface area contributed by atoms with Gasteiger partial charge < -0.3 is 10.1 Å². The number of ether oxygens (including phenoxy) is 1. The van der Waals surface area contributed by atoms with E-state index in [4.69, 9.17) is 9.84 Å². The van der Waals surface area contributed by atoms with Gasteiger partial charge in [0.2, 0.25) is 5.91 Å². The molecule has 0 unspecified atom stereocenters. The molecule has 0 atom stereocenters. The number of rotatable bonds is 10. The van der Waals surface area contributed by atoms with Crippen molar-refractivity contribution in [3.63, 3.8) is 0 Å². The highest BCUT2D eigenvalue weighted by Gasteiger charge is 2.17. The van der Waals surface area contributed by atoms with Gasteiger partial charge in [-0.15, -0.1) is 0 Å². The summed E-state index contributed by atoms with van der Waals surface area (Å²) in [7, 11) is 0. The summed E-state index contributed by atoms with van der Waals surface area (Å²) in [5.74, 6) is -0.515. The van der Waals surface area contributed by atoms with Crippen LogP contribution in [0.15, 0.2) is 91.4 Å². The lowest BCUT2D eigenvalue weighted by Gasteiger charge is -2.07. The van der Waals surface area contributed by atoms with Crippen molar-refractivity contribution in [2.24, 2.45) is 0 Å². The van der Waals surface area contributed by atoms with Crippen LogP contribution in [-0.2, 0) is 22.6 Å². The Morgan fingerprint density at radius 2 is 1.72 bits per heavy atom. The predicted octanol–water partition coefficient (Wildman–Crippen LogP) is 5.43. The number of hydrogen-bond donors (Lipinski definition) is 1. The number of amides is 1. The van der Waals surface area contributed by atoms with E-state index in [1.54, 1.807) is 29.2 Å². The summed E-state index contributed by atoms with van der Waals surface area (Å²) in [6.45, 7) is 2.84. The number of benzene rings is 2. The molecule has 2 aromatic carbocycles. The monoisotopic (exact) mass is 519 g/mol. The zero-order chi connectivity index (χ0) is 27.0. The van der Waals surface area contributed by atoms with E-state index in [-0.39, 0.29) is 18.4 Å². The molecule has 1 amide bonds. The van der Waals surface area contributed by atoms with Gasteiger partial charge in [0, 0.05) is 36.1 Å². The van der Waals surface area contributed by atoms with Crippen molar-refractivity contribution < 1.29 is 14.3 Å². The number of esters is 1. The molecular formula is C31H29N5O3. The highest BCUT2D eigenvalue weighted by atomic mass is 16.5. The Kier molecular flexibility index (Phi) is 8.02. The number of nitrogens with zero attached hydrogens (tertiary/aromatic N) is 4. The number of carbonyl (C=O) groups is 2. The van der Waals surface area contributed by atoms with Crippen LogP contribution < -0.4 is 5.32 Å². The van der Waals surface area contributed by atoms with E-state index in [2.05, 4.69) is 15.3 Å². The Labute approximate surface area is 226 Å². The molecule has 0 saturated heterocycles. The maximum atomic E-state index is 12.8. The normalized spacial score (nSPS) is 10.9. The van der Waals surface area contributed by atoms with E-state index < -0.39 is 0 Å². The Balaban J connectivity index is 1.31. The van der Waals surface area contributed by atoms with Crippen LogP contribution in [0.4, 0.5) is 0 Å². The molecule has 0 aliphatic heterocycles. The van der Waals surface area contributed by atoms with E-state index in [0.29, 0.717) is 24.4 Å². The van der Waals surface area contributed by atoms with Crippen LogP contribution in [0.25, 0.3) is 33.4 Å². The molecule has 0 aliphatic carbocycles. The number of carbonyl (C=O) groups excluding carboxylic acids is 2. The van der Waals surface area contributed by atoms with Crippen molar-refractivity contribution in [1.29, 1.82) is 0 Å². The zero-order valence-electron chi connectivity index (χ0n) is 21.7. The van der Waals surface area contributed by atoms with Crippen molar-refractivity contribution in [3.05, 3.63) is 103 Å². The predicted molar refractivity (Wildman–Crippen MR) is 150 cm³/mol. The average molecular weight is 520 g/mol. The number of hydrogen-bond acceptors (Lipinski definition) is 6. The summed E-state index contributed by atoms with van der Waals surface area (Å²) in [6.07, 6.45) is 7.20. The molecule has 0 fully saturated rings. The summed E-state index contributed by atoms with van der Waals surface area (Å²) in [5.41, 5.74) is 5.53. The van der Waals surface area contributed by atoms with Gasteiger partial charge in [-0.3, -0.25) is 19.4 Å². The van der Waals surface area contributed by atoms with Gasteiger partial charge in [0.25, 0.3) is 0 Å². The third-order valence-corrected chi connectivity index (χ3v) is 6.32. The van der Waals surface area contributed by atoms with Crippen LogP contribution in [0.1, 0.15) is 35.7 Å². The second kappa shape index (κ2) is 12.1. The van der Waals surface area contributed by atoms with Crippen molar-refractivity contribution >= 4 is 22.8 Å². The lowest BCUT2D eigenvalue weighted by molar-refractivity contribution is -0.122. The minimum absolute atomic E-state index is 0.0463. The maximum absolute atomic E-state index is 12.8. The van der Waals surface area contributed by atoms with Crippen LogP contribution >= 0.6 is 0 Å². The Morgan fingerprint density at radius 1 is 0.897 bits per heavy atom. The summed E-state index contributed by atoms with van der Waals surface area (Å²) >= 11 is 0. The Morgan fingerprint density at radius 3 is 2.51 bits per heavy atom. The molecule has 5 aromatic rings. The fraction of sp³-hybridized carbons (Fsp3) is 0.194. The second-order valence-electron chi connectivity index (χ2n) is 9.14. The van der Waals surface area contributed by atoms with Crippen LogP contribution in [0.5, 0.6) is 0 Å². The van der Waals surface area contributed by atoms with E-state index >= 15 is 0 Å². The zero-order valence-corrected chi connectivity index (χ0v) is 21.7. The molecule has 0 bridgehead atoms. The highest BCUT2D eigenvalue weighted by molar-refractivity contribution is 5.97. The molecule has 1 N–H and O–H groups in total. The molecule has 3 heterocycles. The molecule has 0 radical (unpaired) electrons. The summed E-state index contributed by atoms with van der Waals surface area (Å²) in [6, 6.07) is 22.6. The van der Waals surface area contributed by atoms with Gasteiger partial charge in [-0.1, -0.05) is 49.7 Å². The quantitative estimate of drug-likeness (QED) is 0.195. The first-order chi connectivity index (χ1) is 19.1. The summed E-state index contributed by atoms with van der Waals surface area (Å²) in [4.78, 5) is 33.9. The molecule has 0 spiro atoms. The number of unbranched alkanes of at least 4 members (excludes halogenated alkanes) is 1. The number of pyridine rings is 2. The fourth-order valence-corrected chi connectivity index (χ4v) is 4.28. The number of para-hydroxylation sites is 1. The van der Waals surface area contributed by atoms with E-state index in [1.807, 2.05) is 73.8 Å². The molecule has 8 nitrogen and oxygen atoms in total. The van der Waals surface area contributed by atoms with E-state index in [9.17, 15) is 9.59 Å². The lowest BCUT2D eigenvalue weighted by Crippen LogP contribution is -2.27. The minimum Gasteiger partial charge on any atom is -0.462 e. The number of fused-ring (bicyclic) bond motifs is 1. The average Bonchev–Trinajstić information content (AvgIpc) is 3.40. The molecule has 0 aliphatic rings. The van der Waals surface area contributed by atoms with Gasteiger partial charge in [0.1, 0.15) is 12.2 Å². The molecule has 0 saturated carbocycles. The first-order valence-corrected chi connectivity index (χ1v) is 13.0. The number of aromatic nitrogens is 4. The van der Waals surface area contributed by atoms with Crippen LogP contribution in [0.2, 0.25) is 0 Å². The van der Waals surface area contributed by atoms with Crippen LogP contribution in [-0.4, -0.2) is 38.2 Å². The topological polar surface area (TPSA) is 99.0 Å². The van der Waals surface area contributed by atoms with Crippen molar-refractivity contribution in [2.45, 2.75) is 32.9 Å². The maximum Gasteiger partial charge on any atom is 0.338 e. The molecule has 196 valence electrons. The number of nitrogens with one attached hydrogen (secondary N) is 1. The van der Waals surface area contributed by atoms with Crippen molar-refractivity contribution in [1.82, 2.24) is 25.1 Å². The summed E-state index contributed by atoms with van der Waals surface area (Å²) < 4.78 is 6.88. The second-order valence-corrected chi connectivity index (χ2v) is 9.14. The Bertz CT molecular complexity index is 1570. The van der Waals surface area contributed by atoms with Gasteiger partial charge in [-0.25, -0.2) is 4.79 Å². The molecular weight excluding hydrogens is 490 g/mol. The molecule has 3 aromatic heterocycles. The molecule has 39 heavy (non-hydrogen) atoms. The first kappa shape index (κ1) is 25.8. The Hall–Kier alpha value is -4.85. The minimum atomic E-state index is -0.334. The SMILES string of the molecule is CCCCOC(=O)c1ccc(CNC(=O)Cn2cc(-c3ccnc4ccccc34)c(-c3ccccn3)n2)cc1. The van der Waals surface area contributed by atoms with Crippen LogP contribution in [0, 0.1) is 0 Å². The standard InChI is InChI=1S/C31H29N5O3/c1-2-3-18-39-31(38)23-13-11-22(12-14-23)19-34-29(37)21-36-20-26(30(35-36)28-10-6-7-16-32-28)24-15-17-33-27-9-5-4-8-25(24)27/h4-17,20H,2-3,18-19,21H2,1H3,(H,34,37). The molecule has 5 rings (SSSR count). The summed E-state index contributed by atoms with van der Waals surface area (Å²) in [5, 5.41) is 8.68. The first-order valence-electron chi connectivity index (χ1n) is 13.0. The third kappa shape index (κ3) is 6.18. The van der Waals surface area contributed by atoms with E-state index in [0.717, 1.165) is 46.1 Å². The largest absolute Gasteiger partial charge is 0.462 e. The van der Waals surface area contributed by atoms with Crippen LogP contribution in [0.3, 0.4) is 0 Å². The smallest absolute Gasteiger partial charge is 0.338 e. The van der Waals surface area contributed by atoms with Gasteiger partial charge in [-0.05, 0) is 53.9 Å². The van der Waals surface area contributed by atoms with Gasteiger partial charge in [0.05, 0.1) is 23.4 Å². The highest BCUT2D eigenvalue weighted by Crippen LogP contribution is 2.34. The van der Waals surface area contributed by atoms with E-state index in [1.165, 1.54) is 0 Å².